The average molecular weight is 187 g/mol. The molecule has 0 rings (SSSR count). The SMILES string of the molecule is CC(C)CNCCCCC(N)=NO. The summed E-state index contributed by atoms with van der Waals surface area (Å²) >= 11 is 0. The number of oxime groups is 1. The fraction of sp³-hybridized carbons (Fsp3) is 0.889. The molecular formula is C9H21N3O. The molecule has 13 heavy (non-hydrogen) atoms. The number of hydrogen-bond acceptors (Lipinski definition) is 3. The number of nitrogens with two attached hydrogens (primary N) is 1. The van der Waals surface area contributed by atoms with Crippen LogP contribution in [0.3, 0.4) is 0 Å². The van der Waals surface area contributed by atoms with Crippen molar-refractivity contribution in [3.63, 3.8) is 0 Å². The minimum atomic E-state index is 0.323. The van der Waals surface area contributed by atoms with Crippen LogP contribution in [0.5, 0.6) is 0 Å². The molecule has 0 heterocycles. The van der Waals surface area contributed by atoms with Crippen LogP contribution in [0, 0.1) is 5.92 Å². The minimum Gasteiger partial charge on any atom is -0.409 e. The number of hydrogen-bond donors (Lipinski definition) is 3. The van der Waals surface area contributed by atoms with Gasteiger partial charge >= 0.3 is 0 Å². The molecule has 0 atom stereocenters. The Morgan fingerprint density at radius 1 is 1.46 bits per heavy atom. The van der Waals surface area contributed by atoms with E-state index in [2.05, 4.69) is 24.3 Å². The van der Waals surface area contributed by atoms with Crippen molar-refractivity contribution in [2.45, 2.75) is 33.1 Å². The normalized spacial score (nSPS) is 12.4. The van der Waals surface area contributed by atoms with Crippen LogP contribution in [-0.4, -0.2) is 24.1 Å². The third-order valence-corrected chi connectivity index (χ3v) is 1.72. The maximum Gasteiger partial charge on any atom is 0.139 e. The zero-order chi connectivity index (χ0) is 10.1. The van der Waals surface area contributed by atoms with Crippen molar-refractivity contribution < 1.29 is 5.21 Å². The Balaban J connectivity index is 3.09. The lowest BCUT2D eigenvalue weighted by molar-refractivity contribution is 0.316. The highest BCUT2D eigenvalue weighted by Gasteiger charge is 1.94. The maximum atomic E-state index is 8.26. The van der Waals surface area contributed by atoms with Gasteiger partial charge in [0.25, 0.3) is 0 Å². The second kappa shape index (κ2) is 7.86. The van der Waals surface area contributed by atoms with Gasteiger partial charge in [-0.15, -0.1) is 0 Å². The second-order valence-electron chi connectivity index (χ2n) is 3.65. The van der Waals surface area contributed by atoms with Crippen LogP contribution in [-0.2, 0) is 0 Å². The van der Waals surface area contributed by atoms with Gasteiger partial charge in [-0.1, -0.05) is 19.0 Å². The number of nitrogens with one attached hydrogen (secondary N) is 1. The average Bonchev–Trinajstić information content (AvgIpc) is 2.10. The summed E-state index contributed by atoms with van der Waals surface area (Å²) < 4.78 is 0. The van der Waals surface area contributed by atoms with Gasteiger partial charge in [0.2, 0.25) is 0 Å². The highest BCUT2D eigenvalue weighted by atomic mass is 16.4. The molecule has 0 aliphatic heterocycles. The van der Waals surface area contributed by atoms with Gasteiger partial charge < -0.3 is 16.3 Å². The van der Waals surface area contributed by atoms with Crippen molar-refractivity contribution in [3.05, 3.63) is 0 Å². The van der Waals surface area contributed by atoms with E-state index in [4.69, 9.17) is 10.9 Å². The van der Waals surface area contributed by atoms with E-state index < -0.39 is 0 Å². The fourth-order valence-corrected chi connectivity index (χ4v) is 0.997. The molecule has 0 aromatic rings. The van der Waals surface area contributed by atoms with Gasteiger partial charge in [0.1, 0.15) is 5.84 Å². The quantitative estimate of drug-likeness (QED) is 0.184. The molecule has 0 radical (unpaired) electrons. The summed E-state index contributed by atoms with van der Waals surface area (Å²) in [4.78, 5) is 0. The molecular weight excluding hydrogens is 166 g/mol. The van der Waals surface area contributed by atoms with Gasteiger partial charge in [0.05, 0.1) is 0 Å². The van der Waals surface area contributed by atoms with E-state index in [0.29, 0.717) is 18.2 Å². The van der Waals surface area contributed by atoms with E-state index in [1.807, 2.05) is 0 Å². The molecule has 0 bridgehead atoms. The highest BCUT2D eigenvalue weighted by Crippen LogP contribution is 1.94. The molecule has 0 saturated carbocycles. The topological polar surface area (TPSA) is 70.6 Å². The zero-order valence-electron chi connectivity index (χ0n) is 8.58. The van der Waals surface area contributed by atoms with Gasteiger partial charge in [-0.05, 0) is 31.8 Å². The first-order chi connectivity index (χ1) is 6.16. The third-order valence-electron chi connectivity index (χ3n) is 1.72. The lowest BCUT2D eigenvalue weighted by Crippen LogP contribution is -2.21. The maximum absolute atomic E-state index is 8.26. The zero-order valence-corrected chi connectivity index (χ0v) is 8.58. The predicted octanol–water partition coefficient (Wildman–Crippen LogP) is 1.15. The number of nitrogens with zero attached hydrogens (tertiary/aromatic N) is 1. The monoisotopic (exact) mass is 187 g/mol. The van der Waals surface area contributed by atoms with Crippen molar-refractivity contribution in [1.29, 1.82) is 0 Å². The van der Waals surface area contributed by atoms with Crippen LogP contribution >= 0.6 is 0 Å². The van der Waals surface area contributed by atoms with Crippen LogP contribution in [0.2, 0.25) is 0 Å². The molecule has 4 heteroatoms. The summed E-state index contributed by atoms with van der Waals surface area (Å²) in [5.74, 6) is 1.02. The lowest BCUT2D eigenvalue weighted by atomic mass is 10.2. The Morgan fingerprint density at radius 2 is 2.15 bits per heavy atom. The number of rotatable bonds is 7. The largest absolute Gasteiger partial charge is 0.409 e. The molecule has 0 aliphatic carbocycles. The third kappa shape index (κ3) is 9.14. The molecule has 0 aromatic heterocycles. The number of amidine groups is 1. The first kappa shape index (κ1) is 12.2. The molecule has 0 amide bonds. The molecule has 0 fully saturated rings. The highest BCUT2D eigenvalue weighted by molar-refractivity contribution is 5.79. The molecule has 0 aromatic carbocycles. The van der Waals surface area contributed by atoms with E-state index in [9.17, 15) is 0 Å². The summed E-state index contributed by atoms with van der Waals surface area (Å²) in [6.07, 6.45) is 2.73. The Labute approximate surface area is 80.2 Å². The molecule has 0 saturated heterocycles. The van der Waals surface area contributed by atoms with Crippen molar-refractivity contribution in [1.82, 2.24) is 5.32 Å². The van der Waals surface area contributed by atoms with E-state index in [1.165, 1.54) is 0 Å². The van der Waals surface area contributed by atoms with Crippen molar-refractivity contribution in [2.75, 3.05) is 13.1 Å². The molecule has 0 aliphatic rings. The molecule has 78 valence electrons. The Kier molecular flexibility index (Phi) is 7.39. The van der Waals surface area contributed by atoms with Crippen LogP contribution in [0.15, 0.2) is 5.16 Å². The van der Waals surface area contributed by atoms with E-state index >= 15 is 0 Å². The molecule has 4 N–H and O–H groups in total. The number of unbranched alkanes of at least 4 members (excludes halogenated alkanes) is 1. The van der Waals surface area contributed by atoms with Crippen LogP contribution < -0.4 is 11.1 Å². The van der Waals surface area contributed by atoms with Crippen molar-refractivity contribution in [3.8, 4) is 0 Å². The van der Waals surface area contributed by atoms with E-state index in [-0.39, 0.29) is 0 Å². The summed E-state index contributed by atoms with van der Waals surface area (Å²) in [5.41, 5.74) is 5.32. The lowest BCUT2D eigenvalue weighted by Gasteiger charge is -2.06. The fourth-order valence-electron chi connectivity index (χ4n) is 0.997. The minimum absolute atomic E-state index is 0.323. The molecule has 0 spiro atoms. The smallest absolute Gasteiger partial charge is 0.139 e. The van der Waals surface area contributed by atoms with Gasteiger partial charge in [-0.3, -0.25) is 0 Å². The summed E-state index contributed by atoms with van der Waals surface area (Å²) in [6.45, 7) is 6.44. The van der Waals surface area contributed by atoms with Crippen LogP contribution in [0.25, 0.3) is 0 Å². The first-order valence-corrected chi connectivity index (χ1v) is 4.84. The summed E-state index contributed by atoms with van der Waals surface area (Å²) in [7, 11) is 0. The van der Waals surface area contributed by atoms with Crippen molar-refractivity contribution >= 4 is 5.84 Å². The molecule has 4 nitrogen and oxygen atoms in total. The Hall–Kier alpha value is -0.770. The predicted molar refractivity (Wildman–Crippen MR) is 55.0 cm³/mol. The first-order valence-electron chi connectivity index (χ1n) is 4.84. The van der Waals surface area contributed by atoms with Crippen LogP contribution in [0.1, 0.15) is 33.1 Å². The standard InChI is InChI=1S/C9H21N3O/c1-8(2)7-11-6-4-3-5-9(10)12-13/h8,11,13H,3-7H2,1-2H3,(H2,10,12). The van der Waals surface area contributed by atoms with Gasteiger partial charge in [0.15, 0.2) is 0 Å². The Morgan fingerprint density at radius 3 is 2.69 bits per heavy atom. The van der Waals surface area contributed by atoms with Gasteiger partial charge in [-0.2, -0.15) is 0 Å². The van der Waals surface area contributed by atoms with Crippen LogP contribution in [0.4, 0.5) is 0 Å². The van der Waals surface area contributed by atoms with Gasteiger partial charge in [-0.25, -0.2) is 0 Å². The second-order valence-corrected chi connectivity index (χ2v) is 3.65. The van der Waals surface area contributed by atoms with E-state index in [0.717, 1.165) is 25.9 Å². The Bertz CT molecular complexity index is 146. The van der Waals surface area contributed by atoms with Crippen molar-refractivity contribution in [2.24, 2.45) is 16.8 Å². The summed E-state index contributed by atoms with van der Waals surface area (Å²) in [5, 5.41) is 14.5. The summed E-state index contributed by atoms with van der Waals surface area (Å²) in [6, 6.07) is 0. The molecule has 0 unspecified atom stereocenters. The van der Waals surface area contributed by atoms with Gasteiger partial charge in [0, 0.05) is 6.42 Å². The van der Waals surface area contributed by atoms with E-state index in [1.54, 1.807) is 0 Å².